The van der Waals surface area contributed by atoms with Gasteiger partial charge in [0.15, 0.2) is 0 Å². The van der Waals surface area contributed by atoms with Gasteiger partial charge in [0.1, 0.15) is 17.3 Å². The Morgan fingerprint density at radius 3 is 2.55 bits per heavy atom. The molecule has 1 heterocycles. The third kappa shape index (κ3) is 2.05. The fourth-order valence-corrected chi connectivity index (χ4v) is 2.18. The molecule has 3 aromatic rings. The standard InChI is InChI=1S/C16H13FN2O/c1-20-16-9-5-2-6-12(16)14-10-11-18-19(14)15-8-4-3-7-13(15)17/h2-11H,1H3. The zero-order valence-corrected chi connectivity index (χ0v) is 11.0. The smallest absolute Gasteiger partial charge is 0.148 e. The lowest BCUT2D eigenvalue weighted by molar-refractivity contribution is 0.416. The van der Waals surface area contributed by atoms with Crippen molar-refractivity contribution in [3.63, 3.8) is 0 Å². The van der Waals surface area contributed by atoms with Crippen LogP contribution in [-0.2, 0) is 0 Å². The van der Waals surface area contributed by atoms with Crippen LogP contribution in [0.5, 0.6) is 5.75 Å². The molecule has 0 atom stereocenters. The monoisotopic (exact) mass is 268 g/mol. The lowest BCUT2D eigenvalue weighted by Crippen LogP contribution is -2.02. The predicted octanol–water partition coefficient (Wildman–Crippen LogP) is 3.69. The largest absolute Gasteiger partial charge is 0.496 e. The minimum Gasteiger partial charge on any atom is -0.496 e. The van der Waals surface area contributed by atoms with E-state index in [2.05, 4.69) is 5.10 Å². The molecule has 20 heavy (non-hydrogen) atoms. The zero-order valence-electron chi connectivity index (χ0n) is 11.0. The lowest BCUT2D eigenvalue weighted by atomic mass is 10.1. The Bertz CT molecular complexity index is 737. The van der Waals surface area contributed by atoms with Crippen LogP contribution in [-0.4, -0.2) is 16.9 Å². The van der Waals surface area contributed by atoms with Crippen molar-refractivity contribution < 1.29 is 9.13 Å². The Kier molecular flexibility index (Phi) is 3.21. The maximum atomic E-state index is 13.9. The normalized spacial score (nSPS) is 10.5. The second-order valence-electron chi connectivity index (χ2n) is 4.28. The molecule has 3 nitrogen and oxygen atoms in total. The summed E-state index contributed by atoms with van der Waals surface area (Å²) in [5, 5.41) is 4.22. The van der Waals surface area contributed by atoms with Crippen molar-refractivity contribution in [2.24, 2.45) is 0 Å². The van der Waals surface area contributed by atoms with Crippen molar-refractivity contribution in [2.45, 2.75) is 0 Å². The minimum absolute atomic E-state index is 0.313. The highest BCUT2D eigenvalue weighted by Crippen LogP contribution is 2.31. The van der Waals surface area contributed by atoms with Gasteiger partial charge in [-0.15, -0.1) is 0 Å². The summed E-state index contributed by atoms with van der Waals surface area (Å²) in [6, 6.07) is 16.0. The van der Waals surface area contributed by atoms with E-state index in [1.807, 2.05) is 30.3 Å². The molecule has 3 rings (SSSR count). The minimum atomic E-state index is -0.313. The molecule has 0 radical (unpaired) electrons. The van der Waals surface area contributed by atoms with Crippen LogP contribution in [0.3, 0.4) is 0 Å². The summed E-state index contributed by atoms with van der Waals surface area (Å²) >= 11 is 0. The maximum absolute atomic E-state index is 13.9. The molecule has 0 amide bonds. The average molecular weight is 268 g/mol. The molecule has 0 spiro atoms. The molecule has 0 saturated carbocycles. The van der Waals surface area contributed by atoms with Gasteiger partial charge in [-0.05, 0) is 30.3 Å². The van der Waals surface area contributed by atoms with Gasteiger partial charge in [-0.3, -0.25) is 0 Å². The number of hydrogen-bond donors (Lipinski definition) is 0. The number of hydrogen-bond acceptors (Lipinski definition) is 2. The van der Waals surface area contributed by atoms with Gasteiger partial charge in [0.05, 0.1) is 19.0 Å². The highest BCUT2D eigenvalue weighted by Gasteiger charge is 2.13. The lowest BCUT2D eigenvalue weighted by Gasteiger charge is -2.11. The van der Waals surface area contributed by atoms with Crippen LogP contribution in [0, 0.1) is 5.82 Å². The molecule has 0 aliphatic carbocycles. The molecule has 0 N–H and O–H groups in total. The van der Waals surface area contributed by atoms with Gasteiger partial charge < -0.3 is 4.74 Å². The van der Waals surface area contributed by atoms with Crippen molar-refractivity contribution in [3.8, 4) is 22.7 Å². The van der Waals surface area contributed by atoms with Crippen LogP contribution in [0.15, 0.2) is 60.8 Å². The number of aromatic nitrogens is 2. The van der Waals surface area contributed by atoms with Gasteiger partial charge in [0, 0.05) is 5.56 Å². The van der Waals surface area contributed by atoms with E-state index in [1.54, 1.807) is 36.2 Å². The number of methoxy groups -OCH3 is 1. The maximum Gasteiger partial charge on any atom is 0.148 e. The molecule has 0 aliphatic rings. The number of ether oxygens (including phenoxy) is 1. The van der Waals surface area contributed by atoms with Gasteiger partial charge >= 0.3 is 0 Å². The Labute approximate surface area is 116 Å². The Hall–Kier alpha value is -2.62. The quantitative estimate of drug-likeness (QED) is 0.724. The molecule has 0 bridgehead atoms. The van der Waals surface area contributed by atoms with E-state index in [0.717, 1.165) is 17.0 Å². The van der Waals surface area contributed by atoms with Crippen molar-refractivity contribution >= 4 is 0 Å². The van der Waals surface area contributed by atoms with Gasteiger partial charge in [0.2, 0.25) is 0 Å². The Morgan fingerprint density at radius 2 is 1.75 bits per heavy atom. The first kappa shape index (κ1) is 12.4. The van der Waals surface area contributed by atoms with E-state index in [1.165, 1.54) is 6.07 Å². The molecule has 100 valence electrons. The van der Waals surface area contributed by atoms with Crippen LogP contribution in [0.1, 0.15) is 0 Å². The van der Waals surface area contributed by atoms with Crippen molar-refractivity contribution in [1.82, 2.24) is 9.78 Å². The Morgan fingerprint density at radius 1 is 1.00 bits per heavy atom. The van der Waals surface area contributed by atoms with Crippen LogP contribution in [0.2, 0.25) is 0 Å². The second kappa shape index (κ2) is 5.17. The molecule has 2 aromatic carbocycles. The summed E-state index contributed by atoms with van der Waals surface area (Å²) in [7, 11) is 1.61. The number of halogens is 1. The highest BCUT2D eigenvalue weighted by atomic mass is 19.1. The van der Waals surface area contributed by atoms with E-state index < -0.39 is 0 Å². The first-order valence-corrected chi connectivity index (χ1v) is 6.23. The summed E-state index contributed by atoms with van der Waals surface area (Å²) in [6.45, 7) is 0. The molecule has 0 saturated heterocycles. The van der Waals surface area contributed by atoms with Gasteiger partial charge in [0.25, 0.3) is 0 Å². The van der Waals surface area contributed by atoms with Crippen LogP contribution in [0.4, 0.5) is 4.39 Å². The summed E-state index contributed by atoms with van der Waals surface area (Å²) in [5.41, 5.74) is 2.07. The Balaban J connectivity index is 2.19. The summed E-state index contributed by atoms with van der Waals surface area (Å²) in [6.07, 6.45) is 1.65. The number of para-hydroxylation sites is 2. The summed E-state index contributed by atoms with van der Waals surface area (Å²) in [4.78, 5) is 0. The molecule has 0 aliphatic heterocycles. The predicted molar refractivity (Wildman–Crippen MR) is 75.5 cm³/mol. The summed E-state index contributed by atoms with van der Waals surface area (Å²) in [5.74, 6) is 0.415. The van der Waals surface area contributed by atoms with Gasteiger partial charge in [-0.1, -0.05) is 24.3 Å². The van der Waals surface area contributed by atoms with Crippen molar-refractivity contribution in [2.75, 3.05) is 7.11 Å². The fourth-order valence-electron chi connectivity index (χ4n) is 2.18. The molecular weight excluding hydrogens is 255 g/mol. The van der Waals surface area contributed by atoms with Crippen LogP contribution >= 0.6 is 0 Å². The van der Waals surface area contributed by atoms with E-state index in [-0.39, 0.29) is 5.82 Å². The number of rotatable bonds is 3. The van der Waals surface area contributed by atoms with Crippen molar-refractivity contribution in [3.05, 3.63) is 66.6 Å². The van der Waals surface area contributed by atoms with Crippen LogP contribution < -0.4 is 4.74 Å². The molecule has 0 fully saturated rings. The second-order valence-corrected chi connectivity index (χ2v) is 4.28. The SMILES string of the molecule is COc1ccccc1-c1ccnn1-c1ccccc1F. The number of nitrogens with zero attached hydrogens (tertiary/aromatic N) is 2. The molecule has 0 unspecified atom stereocenters. The fraction of sp³-hybridized carbons (Fsp3) is 0.0625. The third-order valence-electron chi connectivity index (χ3n) is 3.11. The topological polar surface area (TPSA) is 27.1 Å². The summed E-state index contributed by atoms with van der Waals surface area (Å²) < 4.78 is 20.9. The molecule has 4 heteroatoms. The first-order valence-electron chi connectivity index (χ1n) is 6.23. The van der Waals surface area contributed by atoms with E-state index in [0.29, 0.717) is 5.69 Å². The first-order chi connectivity index (χ1) is 9.81. The van der Waals surface area contributed by atoms with Crippen molar-refractivity contribution in [1.29, 1.82) is 0 Å². The van der Waals surface area contributed by atoms with E-state index in [4.69, 9.17) is 4.74 Å². The van der Waals surface area contributed by atoms with E-state index >= 15 is 0 Å². The zero-order chi connectivity index (χ0) is 13.9. The third-order valence-corrected chi connectivity index (χ3v) is 3.11. The molecule has 1 aromatic heterocycles. The average Bonchev–Trinajstić information content (AvgIpc) is 2.96. The van der Waals surface area contributed by atoms with Gasteiger partial charge in [-0.25, -0.2) is 9.07 Å². The molecular formula is C16H13FN2O. The van der Waals surface area contributed by atoms with Crippen LogP contribution in [0.25, 0.3) is 16.9 Å². The van der Waals surface area contributed by atoms with E-state index in [9.17, 15) is 4.39 Å². The van der Waals surface area contributed by atoms with Gasteiger partial charge in [-0.2, -0.15) is 5.10 Å². The number of benzene rings is 2. The highest BCUT2D eigenvalue weighted by molar-refractivity contribution is 5.69.